The van der Waals surface area contributed by atoms with Gasteiger partial charge in [-0.3, -0.25) is 19.3 Å². The Balaban J connectivity index is 1.43. The van der Waals surface area contributed by atoms with Gasteiger partial charge in [-0.05, 0) is 53.9 Å². The number of carbonyl (C=O) groups excluding carboxylic acids is 3. The molecule has 6 nitrogen and oxygen atoms in total. The van der Waals surface area contributed by atoms with Gasteiger partial charge in [0.05, 0.1) is 22.8 Å². The molecule has 34 heavy (non-hydrogen) atoms. The Morgan fingerprint density at radius 3 is 2.15 bits per heavy atom. The summed E-state index contributed by atoms with van der Waals surface area (Å²) in [5.74, 6) is -1.25. The summed E-state index contributed by atoms with van der Waals surface area (Å²) in [7, 11) is 0. The number of imide groups is 1. The van der Waals surface area contributed by atoms with Crippen LogP contribution in [0.15, 0.2) is 72.8 Å². The second-order valence-corrected chi connectivity index (χ2v) is 8.10. The SMILES string of the molecule is N#Cc1ccc(CN(Cc2cccc(F)c2)C(=O)CCCN2C(=O)c3ccccc3C2=O)cc1. The molecular weight excluding hydrogens is 433 g/mol. The number of rotatable bonds is 8. The predicted molar refractivity (Wildman–Crippen MR) is 123 cm³/mol. The zero-order chi connectivity index (χ0) is 24.1. The normalized spacial score (nSPS) is 12.4. The first-order valence-corrected chi connectivity index (χ1v) is 10.9. The summed E-state index contributed by atoms with van der Waals surface area (Å²) in [5, 5.41) is 9.00. The van der Waals surface area contributed by atoms with E-state index in [9.17, 15) is 18.8 Å². The molecule has 0 spiro atoms. The van der Waals surface area contributed by atoms with E-state index in [0.29, 0.717) is 28.7 Å². The van der Waals surface area contributed by atoms with Crippen LogP contribution >= 0.6 is 0 Å². The van der Waals surface area contributed by atoms with Crippen LogP contribution in [0.4, 0.5) is 4.39 Å². The van der Waals surface area contributed by atoms with E-state index in [1.54, 1.807) is 65.6 Å². The molecule has 0 saturated carbocycles. The van der Waals surface area contributed by atoms with Crippen molar-refractivity contribution in [1.29, 1.82) is 5.26 Å². The number of nitriles is 1. The van der Waals surface area contributed by atoms with E-state index in [1.165, 1.54) is 17.0 Å². The second kappa shape index (κ2) is 10.1. The zero-order valence-electron chi connectivity index (χ0n) is 18.4. The highest BCUT2D eigenvalue weighted by Gasteiger charge is 2.34. The number of hydrogen-bond acceptors (Lipinski definition) is 4. The third-order valence-corrected chi connectivity index (χ3v) is 5.72. The average molecular weight is 455 g/mol. The van der Waals surface area contributed by atoms with Crippen LogP contribution in [0.2, 0.25) is 0 Å². The van der Waals surface area contributed by atoms with Crippen molar-refractivity contribution in [2.45, 2.75) is 25.9 Å². The minimum atomic E-state index is -0.381. The van der Waals surface area contributed by atoms with Crippen molar-refractivity contribution in [2.24, 2.45) is 0 Å². The zero-order valence-corrected chi connectivity index (χ0v) is 18.4. The maximum absolute atomic E-state index is 13.7. The largest absolute Gasteiger partial charge is 0.334 e. The van der Waals surface area contributed by atoms with Crippen molar-refractivity contribution >= 4 is 17.7 Å². The van der Waals surface area contributed by atoms with Crippen molar-refractivity contribution in [3.8, 4) is 6.07 Å². The van der Waals surface area contributed by atoms with E-state index in [1.807, 2.05) is 0 Å². The highest BCUT2D eigenvalue weighted by atomic mass is 19.1. The van der Waals surface area contributed by atoms with Gasteiger partial charge in [0, 0.05) is 26.1 Å². The second-order valence-electron chi connectivity index (χ2n) is 8.10. The maximum Gasteiger partial charge on any atom is 0.261 e. The Morgan fingerprint density at radius 2 is 1.53 bits per heavy atom. The lowest BCUT2D eigenvalue weighted by Gasteiger charge is -2.24. The molecule has 0 atom stereocenters. The Labute approximate surface area is 196 Å². The van der Waals surface area contributed by atoms with E-state index < -0.39 is 0 Å². The first-order chi connectivity index (χ1) is 16.5. The Bertz CT molecular complexity index is 1250. The van der Waals surface area contributed by atoms with Gasteiger partial charge < -0.3 is 4.90 Å². The van der Waals surface area contributed by atoms with Crippen molar-refractivity contribution in [2.75, 3.05) is 6.54 Å². The molecule has 0 N–H and O–H groups in total. The maximum atomic E-state index is 13.7. The molecule has 1 aliphatic rings. The van der Waals surface area contributed by atoms with E-state index >= 15 is 0 Å². The van der Waals surface area contributed by atoms with Crippen molar-refractivity contribution in [1.82, 2.24) is 9.80 Å². The van der Waals surface area contributed by atoms with E-state index in [0.717, 1.165) is 5.56 Å². The average Bonchev–Trinajstić information content (AvgIpc) is 3.09. The monoisotopic (exact) mass is 455 g/mol. The van der Waals surface area contributed by atoms with Crippen LogP contribution in [-0.4, -0.2) is 34.1 Å². The molecule has 1 heterocycles. The van der Waals surface area contributed by atoms with Gasteiger partial charge in [0.15, 0.2) is 0 Å². The van der Waals surface area contributed by atoms with Crippen LogP contribution in [0.1, 0.15) is 50.2 Å². The minimum Gasteiger partial charge on any atom is -0.334 e. The fourth-order valence-corrected chi connectivity index (χ4v) is 3.98. The number of carbonyl (C=O) groups is 3. The van der Waals surface area contributed by atoms with Crippen molar-refractivity contribution in [3.05, 3.63) is 106 Å². The predicted octanol–water partition coefficient (Wildman–Crippen LogP) is 4.30. The summed E-state index contributed by atoms with van der Waals surface area (Å²) in [4.78, 5) is 41.0. The topological polar surface area (TPSA) is 81.5 Å². The summed E-state index contributed by atoms with van der Waals surface area (Å²) >= 11 is 0. The first-order valence-electron chi connectivity index (χ1n) is 10.9. The lowest BCUT2D eigenvalue weighted by atomic mass is 10.1. The van der Waals surface area contributed by atoms with Crippen LogP contribution in [0, 0.1) is 17.1 Å². The van der Waals surface area contributed by atoms with Gasteiger partial charge in [-0.1, -0.05) is 36.4 Å². The molecule has 0 unspecified atom stereocenters. The Kier molecular flexibility index (Phi) is 6.79. The lowest BCUT2D eigenvalue weighted by molar-refractivity contribution is -0.132. The molecule has 0 aliphatic carbocycles. The molecule has 0 fully saturated rings. The van der Waals surface area contributed by atoms with Gasteiger partial charge in [-0.2, -0.15) is 5.26 Å². The molecule has 3 aromatic rings. The van der Waals surface area contributed by atoms with Crippen molar-refractivity contribution in [3.63, 3.8) is 0 Å². The number of nitrogens with zero attached hydrogens (tertiary/aromatic N) is 3. The van der Waals surface area contributed by atoms with E-state index in [4.69, 9.17) is 5.26 Å². The molecular formula is C27H22FN3O3. The minimum absolute atomic E-state index is 0.124. The molecule has 170 valence electrons. The molecule has 1 aliphatic heterocycles. The van der Waals surface area contributed by atoms with Crippen LogP contribution in [0.3, 0.4) is 0 Å². The fourth-order valence-electron chi connectivity index (χ4n) is 3.98. The summed E-state index contributed by atoms with van der Waals surface area (Å²) in [5.41, 5.74) is 2.78. The molecule has 0 bridgehead atoms. The first kappa shape index (κ1) is 22.9. The molecule has 4 rings (SSSR count). The smallest absolute Gasteiger partial charge is 0.261 e. The van der Waals surface area contributed by atoms with Crippen LogP contribution < -0.4 is 0 Å². The van der Waals surface area contributed by atoms with Gasteiger partial charge in [0.25, 0.3) is 11.8 Å². The summed E-state index contributed by atoms with van der Waals surface area (Å²) in [6, 6.07) is 21.7. The van der Waals surface area contributed by atoms with Gasteiger partial charge in [0.1, 0.15) is 5.82 Å². The standard InChI is InChI=1S/C27H22FN3O3/c28-22-6-3-5-21(15-22)18-30(17-20-12-10-19(16-29)11-13-20)25(32)9-4-14-31-26(33)23-7-1-2-8-24(23)27(31)34/h1-3,5-8,10-13,15H,4,9,14,17-18H2. The van der Waals surface area contributed by atoms with E-state index in [-0.39, 0.29) is 49.6 Å². The van der Waals surface area contributed by atoms with Gasteiger partial charge in [-0.15, -0.1) is 0 Å². The molecule has 0 saturated heterocycles. The van der Waals surface area contributed by atoms with Crippen molar-refractivity contribution < 1.29 is 18.8 Å². The third-order valence-electron chi connectivity index (χ3n) is 5.72. The molecule has 7 heteroatoms. The van der Waals surface area contributed by atoms with Gasteiger partial charge in [-0.25, -0.2) is 4.39 Å². The van der Waals surface area contributed by atoms with E-state index in [2.05, 4.69) is 6.07 Å². The van der Waals surface area contributed by atoms with Gasteiger partial charge >= 0.3 is 0 Å². The molecule has 3 amide bonds. The van der Waals surface area contributed by atoms with Crippen LogP contribution in [0.5, 0.6) is 0 Å². The van der Waals surface area contributed by atoms with Crippen LogP contribution in [-0.2, 0) is 17.9 Å². The number of benzene rings is 3. The summed E-state index contributed by atoms with van der Waals surface area (Å²) in [6.07, 6.45) is 0.441. The lowest BCUT2D eigenvalue weighted by Crippen LogP contribution is -2.33. The highest BCUT2D eigenvalue weighted by Crippen LogP contribution is 2.23. The number of amides is 3. The number of hydrogen-bond donors (Lipinski definition) is 0. The van der Waals surface area contributed by atoms with Gasteiger partial charge in [0.2, 0.25) is 5.91 Å². The molecule has 3 aromatic carbocycles. The fraction of sp³-hybridized carbons (Fsp3) is 0.185. The summed E-state index contributed by atoms with van der Waals surface area (Å²) < 4.78 is 13.7. The summed E-state index contributed by atoms with van der Waals surface area (Å²) in [6.45, 7) is 0.639. The third kappa shape index (κ3) is 5.02. The van der Waals surface area contributed by atoms with Crippen LogP contribution in [0.25, 0.3) is 0 Å². The Morgan fingerprint density at radius 1 is 0.882 bits per heavy atom. The molecule has 0 aromatic heterocycles. The quantitative estimate of drug-likeness (QED) is 0.474. The highest BCUT2D eigenvalue weighted by molar-refractivity contribution is 6.21. The number of halogens is 1. The molecule has 0 radical (unpaired) electrons. The number of fused-ring (bicyclic) bond motifs is 1. The Hall–Kier alpha value is -4.31.